The van der Waals surface area contributed by atoms with Crippen molar-refractivity contribution in [2.24, 2.45) is 39.4 Å². The maximum atomic E-state index is 13.3. The van der Waals surface area contributed by atoms with Gasteiger partial charge in [0, 0.05) is 23.7 Å². The zero-order valence-electron chi connectivity index (χ0n) is 30.9. The molecule has 0 spiro atoms. The molecule has 3 fully saturated rings. The number of carbonyl (C=O) groups excluding carboxylic acids is 2. The zero-order valence-corrected chi connectivity index (χ0v) is 30.9. The van der Waals surface area contributed by atoms with Crippen molar-refractivity contribution in [2.75, 3.05) is 0 Å². The molecular formula is C38H60O11. The number of carbonyl (C=O) groups is 3. The third kappa shape index (κ3) is 6.38. The molecule has 0 aromatic heterocycles. The fourth-order valence-corrected chi connectivity index (χ4v) is 11.7. The summed E-state index contributed by atoms with van der Waals surface area (Å²) in [6.45, 7) is 16.7. The molecule has 0 radical (unpaired) electrons. The largest absolute Gasteiger partial charge is 0.481 e. The molecule has 5 rings (SSSR count). The number of hydrogen-bond donors (Lipinski definition) is 5. The van der Waals surface area contributed by atoms with Gasteiger partial charge in [-0.05, 0) is 94.8 Å². The van der Waals surface area contributed by atoms with Crippen LogP contribution in [0.2, 0.25) is 0 Å². The summed E-state index contributed by atoms with van der Waals surface area (Å²) in [6, 6.07) is 0. The van der Waals surface area contributed by atoms with Crippen LogP contribution >= 0.6 is 0 Å². The molecule has 1 aliphatic heterocycles. The van der Waals surface area contributed by atoms with Crippen molar-refractivity contribution < 1.29 is 54.1 Å². The first-order valence-corrected chi connectivity index (χ1v) is 18.2. The Bertz CT molecular complexity index is 1360. The van der Waals surface area contributed by atoms with Crippen molar-refractivity contribution in [1.29, 1.82) is 0 Å². The first-order valence-electron chi connectivity index (χ1n) is 18.2. The Hall–Kier alpha value is -2.05. The number of rotatable bonds is 8. The minimum Gasteiger partial charge on any atom is -0.481 e. The lowest BCUT2D eigenvalue weighted by atomic mass is 9.42. The van der Waals surface area contributed by atoms with Crippen LogP contribution in [0.4, 0.5) is 0 Å². The first kappa shape index (κ1) is 38.2. The minimum atomic E-state index is -1.81. The Kier molecular flexibility index (Phi) is 9.79. The summed E-state index contributed by atoms with van der Waals surface area (Å²) in [6.07, 6.45) is 0.462. The zero-order chi connectivity index (χ0) is 36.7. The summed E-state index contributed by atoms with van der Waals surface area (Å²) in [4.78, 5) is 36.9. The molecule has 5 N–H and O–H groups in total. The van der Waals surface area contributed by atoms with Gasteiger partial charge in [0.1, 0.15) is 12.2 Å². The molecule has 2 saturated carbocycles. The van der Waals surface area contributed by atoms with Crippen LogP contribution in [0.1, 0.15) is 127 Å². The molecule has 0 amide bonds. The average molecular weight is 693 g/mol. The third-order valence-electron chi connectivity index (χ3n) is 14.1. The summed E-state index contributed by atoms with van der Waals surface area (Å²) >= 11 is 0. The van der Waals surface area contributed by atoms with Crippen LogP contribution in [0, 0.1) is 39.4 Å². The van der Waals surface area contributed by atoms with Crippen LogP contribution in [0.3, 0.4) is 0 Å². The Morgan fingerprint density at radius 1 is 0.918 bits per heavy atom. The fraction of sp³-hybridized carbons (Fsp3) is 0.868. The van der Waals surface area contributed by atoms with Crippen molar-refractivity contribution in [3.63, 3.8) is 0 Å². The Labute approximate surface area is 290 Å². The number of fused-ring (bicyclic) bond motifs is 4. The molecule has 11 nitrogen and oxygen atoms in total. The van der Waals surface area contributed by atoms with Gasteiger partial charge in [-0.2, -0.15) is 0 Å². The summed E-state index contributed by atoms with van der Waals surface area (Å²) in [7, 11) is 0. The van der Waals surface area contributed by atoms with Crippen molar-refractivity contribution in [1.82, 2.24) is 0 Å². The number of carboxylic acid groups (broad SMARTS) is 1. The highest BCUT2D eigenvalue weighted by Crippen LogP contribution is 2.73. The molecular weight excluding hydrogens is 632 g/mol. The monoisotopic (exact) mass is 692 g/mol. The molecule has 0 aromatic carbocycles. The van der Waals surface area contributed by atoms with Crippen molar-refractivity contribution in [2.45, 2.75) is 168 Å². The van der Waals surface area contributed by atoms with E-state index in [-0.39, 0.29) is 23.2 Å². The maximum absolute atomic E-state index is 13.3. The van der Waals surface area contributed by atoms with Crippen LogP contribution in [0.5, 0.6) is 0 Å². The van der Waals surface area contributed by atoms with E-state index < -0.39 is 88.9 Å². The van der Waals surface area contributed by atoms with Gasteiger partial charge in [-0.3, -0.25) is 14.4 Å². The van der Waals surface area contributed by atoms with Crippen LogP contribution in [-0.4, -0.2) is 85.3 Å². The fourth-order valence-electron chi connectivity index (χ4n) is 11.7. The van der Waals surface area contributed by atoms with E-state index in [0.29, 0.717) is 25.7 Å². The van der Waals surface area contributed by atoms with Gasteiger partial charge in [-0.1, -0.05) is 45.8 Å². The lowest BCUT2D eigenvalue weighted by Gasteiger charge is -2.64. The second kappa shape index (κ2) is 12.6. The van der Waals surface area contributed by atoms with E-state index >= 15 is 0 Å². The van der Waals surface area contributed by atoms with Gasteiger partial charge in [0.2, 0.25) is 0 Å². The highest BCUT2D eigenvalue weighted by molar-refractivity contribution is 5.74. The average Bonchev–Trinajstić information content (AvgIpc) is 3.22. The predicted octanol–water partition coefficient (Wildman–Crippen LogP) is 4.66. The smallest absolute Gasteiger partial charge is 0.309 e. The van der Waals surface area contributed by atoms with Gasteiger partial charge < -0.3 is 39.7 Å². The van der Waals surface area contributed by atoms with Crippen LogP contribution in [0.15, 0.2) is 11.1 Å². The molecule has 49 heavy (non-hydrogen) atoms. The Morgan fingerprint density at radius 2 is 1.57 bits per heavy atom. The molecule has 3 unspecified atom stereocenters. The standard InChI is InChI=1S/C38H60O11/c1-20(39)47-31-25(48-30(43)19-35(6,46)18-29(41)42)17-36(7)24-16-27(40)38(9)22(21-10-13-28(34(4,5)45)49-32(21)44)14-15-37(38,8)23(24)11-12-26(36)33(31,2)3/h21-22,25-28,31-32,40,44-46H,10-19H2,1-9H3,(H,41,42)/t21-,22-,25-,26?,27+,28-,31+,32?,35?,36-,37+,38+/m1/s1. The predicted molar refractivity (Wildman–Crippen MR) is 179 cm³/mol. The first-order chi connectivity index (χ1) is 22.4. The van der Waals surface area contributed by atoms with E-state index in [9.17, 15) is 39.9 Å². The topological polar surface area (TPSA) is 180 Å². The third-order valence-corrected chi connectivity index (χ3v) is 14.1. The molecule has 0 bridgehead atoms. The lowest BCUT2D eigenvalue weighted by molar-refractivity contribution is -0.251. The van der Waals surface area contributed by atoms with Crippen LogP contribution < -0.4 is 0 Å². The van der Waals surface area contributed by atoms with E-state index in [1.807, 2.05) is 13.8 Å². The second-order valence-electron chi connectivity index (χ2n) is 18.2. The van der Waals surface area contributed by atoms with E-state index in [1.165, 1.54) is 25.0 Å². The Balaban J connectivity index is 1.49. The number of aliphatic carboxylic acids is 1. The van der Waals surface area contributed by atoms with E-state index in [4.69, 9.17) is 14.2 Å². The lowest BCUT2D eigenvalue weighted by Crippen LogP contribution is -2.63. The minimum absolute atomic E-state index is 0.00766. The molecule has 5 aliphatic rings. The molecule has 12 atom stereocenters. The van der Waals surface area contributed by atoms with Gasteiger partial charge in [0.25, 0.3) is 0 Å². The van der Waals surface area contributed by atoms with Crippen molar-refractivity contribution in [3.05, 3.63) is 11.1 Å². The molecule has 4 aliphatic carbocycles. The SMILES string of the molecule is CC(=O)O[C@H]1[C@H](OC(=O)CC(C)(O)CC(=O)O)C[C@]2(C)C3=C(CCC2C1(C)C)[C@]1(C)CC[C@H]([C@H]2CC[C@H](C(C)(C)O)OC2O)[C@@]1(C)[C@@H](O)C3. The molecule has 0 aromatic rings. The van der Waals surface area contributed by atoms with Crippen molar-refractivity contribution >= 4 is 17.9 Å². The van der Waals surface area contributed by atoms with Crippen LogP contribution in [0.25, 0.3) is 0 Å². The molecule has 1 heterocycles. The molecule has 278 valence electrons. The highest BCUT2D eigenvalue weighted by Gasteiger charge is 2.68. The number of aliphatic hydroxyl groups is 4. The van der Waals surface area contributed by atoms with Gasteiger partial charge in [-0.15, -0.1) is 0 Å². The highest BCUT2D eigenvalue weighted by atomic mass is 16.6. The molecule has 11 heteroatoms. The normalized spacial score (nSPS) is 43.0. The summed E-state index contributed by atoms with van der Waals surface area (Å²) < 4.78 is 17.9. The van der Waals surface area contributed by atoms with Gasteiger partial charge in [-0.25, -0.2) is 0 Å². The number of ether oxygens (including phenoxy) is 3. The second-order valence-corrected chi connectivity index (χ2v) is 18.2. The summed E-state index contributed by atoms with van der Waals surface area (Å²) in [5.41, 5.74) is -2.40. The number of aliphatic hydroxyl groups excluding tert-OH is 2. The summed E-state index contributed by atoms with van der Waals surface area (Å²) in [5, 5.41) is 54.0. The number of hydrogen-bond acceptors (Lipinski definition) is 10. The summed E-state index contributed by atoms with van der Waals surface area (Å²) in [5.74, 6) is -2.62. The van der Waals surface area contributed by atoms with E-state index in [0.717, 1.165) is 25.7 Å². The molecule has 1 saturated heterocycles. The Morgan fingerprint density at radius 3 is 2.14 bits per heavy atom. The van der Waals surface area contributed by atoms with E-state index in [1.54, 1.807) is 13.8 Å². The van der Waals surface area contributed by atoms with Crippen molar-refractivity contribution in [3.8, 4) is 0 Å². The number of esters is 2. The number of carboxylic acids is 1. The van der Waals surface area contributed by atoms with Gasteiger partial charge >= 0.3 is 17.9 Å². The van der Waals surface area contributed by atoms with Gasteiger partial charge in [0.05, 0.1) is 36.3 Å². The quantitative estimate of drug-likeness (QED) is 0.176. The maximum Gasteiger partial charge on any atom is 0.309 e. The van der Waals surface area contributed by atoms with Gasteiger partial charge in [0.15, 0.2) is 6.29 Å². The van der Waals surface area contributed by atoms with E-state index in [2.05, 4.69) is 20.8 Å². The van der Waals surface area contributed by atoms with Crippen LogP contribution in [-0.2, 0) is 28.6 Å². The number of allylic oxidation sites excluding steroid dienone is 1.